The Labute approximate surface area is 127 Å². The average Bonchev–Trinajstić information content (AvgIpc) is 3.11. The van der Waals surface area contributed by atoms with E-state index in [2.05, 4.69) is 10.1 Å². The van der Waals surface area contributed by atoms with Crippen molar-refractivity contribution >= 4 is 23.3 Å². The van der Waals surface area contributed by atoms with Gasteiger partial charge in [0.1, 0.15) is 12.0 Å². The summed E-state index contributed by atoms with van der Waals surface area (Å²) in [6.45, 7) is 1.05. The molecule has 3 rings (SSSR count). The summed E-state index contributed by atoms with van der Waals surface area (Å²) in [5.74, 6) is 0.734. The fourth-order valence-electron chi connectivity index (χ4n) is 2.42. The van der Waals surface area contributed by atoms with Crippen LogP contribution in [0.3, 0.4) is 0 Å². The fourth-order valence-corrected chi connectivity index (χ4v) is 2.42. The molecule has 1 fully saturated rings. The zero-order valence-corrected chi connectivity index (χ0v) is 12.0. The van der Waals surface area contributed by atoms with Crippen LogP contribution in [0.1, 0.15) is 12.1 Å². The summed E-state index contributed by atoms with van der Waals surface area (Å²) < 4.78 is 15.0. The van der Waals surface area contributed by atoms with E-state index in [1.54, 1.807) is 22.9 Å². The summed E-state index contributed by atoms with van der Waals surface area (Å²) in [6.07, 6.45) is 7.62. The van der Waals surface area contributed by atoms with E-state index in [9.17, 15) is 4.39 Å². The Morgan fingerprint density at radius 3 is 3.00 bits per heavy atom. The summed E-state index contributed by atoms with van der Waals surface area (Å²) in [5.41, 5.74) is 7.00. The molecule has 0 spiro atoms. The van der Waals surface area contributed by atoms with E-state index in [1.807, 2.05) is 17.0 Å². The van der Waals surface area contributed by atoms with Crippen LogP contribution in [0.2, 0.25) is 0 Å². The molecule has 3 heterocycles. The number of nitrogens with two attached hydrogens (primary N) is 1. The van der Waals surface area contributed by atoms with Crippen LogP contribution in [0.4, 0.5) is 10.2 Å². The molecule has 114 valence electrons. The van der Waals surface area contributed by atoms with Crippen molar-refractivity contribution in [2.75, 3.05) is 18.0 Å². The van der Waals surface area contributed by atoms with Crippen molar-refractivity contribution in [3.63, 3.8) is 0 Å². The highest BCUT2D eigenvalue weighted by Gasteiger charge is 2.23. The lowest BCUT2D eigenvalue weighted by atomic mass is 10.3. The van der Waals surface area contributed by atoms with Gasteiger partial charge in [0.05, 0.1) is 24.1 Å². The van der Waals surface area contributed by atoms with Gasteiger partial charge in [0.2, 0.25) is 0 Å². The van der Waals surface area contributed by atoms with Crippen molar-refractivity contribution in [1.29, 1.82) is 5.41 Å². The number of nitrogens with zero attached hydrogens (tertiary/aromatic N) is 4. The summed E-state index contributed by atoms with van der Waals surface area (Å²) in [4.78, 5) is 6.20. The molecular formula is C15H17FN6. The minimum atomic E-state index is -0.789. The number of anilines is 1. The molecule has 2 aromatic heterocycles. The van der Waals surface area contributed by atoms with Gasteiger partial charge in [0, 0.05) is 6.54 Å². The summed E-state index contributed by atoms with van der Waals surface area (Å²) >= 11 is 0. The maximum absolute atomic E-state index is 13.3. The normalized spacial score (nSPS) is 19.0. The third kappa shape index (κ3) is 2.83. The van der Waals surface area contributed by atoms with Gasteiger partial charge in [-0.3, -0.25) is 0 Å². The first-order chi connectivity index (χ1) is 10.7. The molecule has 0 bridgehead atoms. The molecule has 6 nitrogen and oxygen atoms in total. The second-order valence-corrected chi connectivity index (χ2v) is 5.12. The van der Waals surface area contributed by atoms with Crippen molar-refractivity contribution in [3.8, 4) is 0 Å². The van der Waals surface area contributed by atoms with Crippen molar-refractivity contribution in [3.05, 3.63) is 42.4 Å². The topological polar surface area (TPSA) is 83.3 Å². The zero-order valence-electron chi connectivity index (χ0n) is 12.0. The number of aromatic nitrogens is 3. The third-order valence-corrected chi connectivity index (χ3v) is 3.54. The van der Waals surface area contributed by atoms with E-state index in [0.717, 1.165) is 11.5 Å². The Kier molecular flexibility index (Phi) is 3.86. The molecule has 1 unspecified atom stereocenters. The van der Waals surface area contributed by atoms with E-state index in [-0.39, 0.29) is 5.71 Å². The molecule has 3 N–H and O–H groups in total. The molecular weight excluding hydrogens is 283 g/mol. The number of fused-ring (bicyclic) bond motifs is 1. The van der Waals surface area contributed by atoms with Crippen LogP contribution < -0.4 is 10.6 Å². The van der Waals surface area contributed by atoms with Gasteiger partial charge in [-0.25, -0.2) is 13.9 Å². The molecule has 7 heteroatoms. The predicted octanol–water partition coefficient (Wildman–Crippen LogP) is 1.78. The number of allylic oxidation sites excluding steroid dienone is 2. The number of rotatable bonds is 4. The Hall–Kier alpha value is -2.70. The monoisotopic (exact) mass is 300 g/mol. The standard InChI is InChI=1S/C15H17FN6/c16-11-6-8-21(10-11)15-4-3-14-19-9-13(22(14)20-15)2-1-12(18)5-7-17/h1-5,7,9,11,18H,6,8,10,17H2/b2-1-,7-5-,18-12?. The van der Waals surface area contributed by atoms with Crippen LogP contribution in [0.15, 0.2) is 36.7 Å². The van der Waals surface area contributed by atoms with E-state index in [4.69, 9.17) is 11.1 Å². The Balaban J connectivity index is 1.90. The fraction of sp³-hybridized carbons (Fsp3) is 0.267. The van der Waals surface area contributed by atoms with Crippen LogP contribution >= 0.6 is 0 Å². The lowest BCUT2D eigenvalue weighted by Crippen LogP contribution is -2.21. The summed E-state index contributed by atoms with van der Waals surface area (Å²) in [7, 11) is 0. The van der Waals surface area contributed by atoms with Gasteiger partial charge in [-0.2, -0.15) is 0 Å². The molecule has 22 heavy (non-hydrogen) atoms. The van der Waals surface area contributed by atoms with Gasteiger partial charge in [0.25, 0.3) is 0 Å². The Morgan fingerprint density at radius 2 is 2.27 bits per heavy atom. The Bertz CT molecular complexity index is 748. The second-order valence-electron chi connectivity index (χ2n) is 5.12. The van der Waals surface area contributed by atoms with Gasteiger partial charge >= 0.3 is 0 Å². The van der Waals surface area contributed by atoms with Gasteiger partial charge in [0.15, 0.2) is 5.65 Å². The highest BCUT2D eigenvalue weighted by atomic mass is 19.1. The lowest BCUT2D eigenvalue weighted by molar-refractivity contribution is 0.364. The number of alkyl halides is 1. The van der Waals surface area contributed by atoms with Gasteiger partial charge in [-0.1, -0.05) is 0 Å². The smallest absolute Gasteiger partial charge is 0.154 e. The Morgan fingerprint density at radius 1 is 1.41 bits per heavy atom. The molecule has 1 aliphatic rings. The lowest BCUT2D eigenvalue weighted by Gasteiger charge is -2.15. The van der Waals surface area contributed by atoms with Crippen LogP contribution in [-0.4, -0.2) is 39.6 Å². The highest BCUT2D eigenvalue weighted by Crippen LogP contribution is 2.20. The van der Waals surface area contributed by atoms with Crippen LogP contribution in [-0.2, 0) is 0 Å². The maximum Gasteiger partial charge on any atom is 0.154 e. The van der Waals surface area contributed by atoms with Crippen LogP contribution in [0, 0.1) is 5.41 Å². The zero-order chi connectivity index (χ0) is 15.5. The molecule has 0 aromatic carbocycles. The minimum Gasteiger partial charge on any atom is -0.405 e. The average molecular weight is 300 g/mol. The number of hydrogen-bond donors (Lipinski definition) is 2. The number of imidazole rings is 1. The highest BCUT2D eigenvalue weighted by molar-refractivity contribution is 6.03. The molecule has 1 aliphatic heterocycles. The minimum absolute atomic E-state index is 0.286. The van der Waals surface area contributed by atoms with Crippen molar-refractivity contribution in [1.82, 2.24) is 14.6 Å². The van der Waals surface area contributed by atoms with Gasteiger partial charge in [-0.05, 0) is 43.0 Å². The SMILES string of the molecule is N=C(/C=C\N)/C=C\c1cnc2ccc(N3CCC(F)C3)nn12. The molecule has 0 saturated carbocycles. The maximum atomic E-state index is 13.3. The second kappa shape index (κ2) is 5.97. The summed E-state index contributed by atoms with van der Waals surface area (Å²) in [5, 5.41) is 12.2. The molecule has 2 aromatic rings. The van der Waals surface area contributed by atoms with E-state index >= 15 is 0 Å². The van der Waals surface area contributed by atoms with Crippen molar-refractivity contribution in [2.24, 2.45) is 5.73 Å². The predicted molar refractivity (Wildman–Crippen MR) is 84.8 cm³/mol. The van der Waals surface area contributed by atoms with E-state index in [1.165, 1.54) is 12.3 Å². The first-order valence-corrected chi connectivity index (χ1v) is 7.06. The molecule has 0 aliphatic carbocycles. The van der Waals surface area contributed by atoms with Gasteiger partial charge < -0.3 is 16.0 Å². The molecule has 0 radical (unpaired) electrons. The third-order valence-electron chi connectivity index (χ3n) is 3.54. The molecule has 0 amide bonds. The molecule has 1 atom stereocenters. The number of hydrogen-bond acceptors (Lipinski definition) is 5. The summed E-state index contributed by atoms with van der Waals surface area (Å²) in [6, 6.07) is 3.71. The molecule has 1 saturated heterocycles. The van der Waals surface area contributed by atoms with Crippen LogP contribution in [0.25, 0.3) is 11.7 Å². The number of halogens is 1. The van der Waals surface area contributed by atoms with E-state index < -0.39 is 6.17 Å². The number of nitrogens with one attached hydrogen (secondary N) is 1. The van der Waals surface area contributed by atoms with Crippen molar-refractivity contribution < 1.29 is 4.39 Å². The van der Waals surface area contributed by atoms with E-state index in [0.29, 0.717) is 25.2 Å². The van der Waals surface area contributed by atoms with Crippen LogP contribution in [0.5, 0.6) is 0 Å². The van der Waals surface area contributed by atoms with Gasteiger partial charge in [-0.15, -0.1) is 5.10 Å². The van der Waals surface area contributed by atoms with Crippen molar-refractivity contribution in [2.45, 2.75) is 12.6 Å². The first kappa shape index (κ1) is 14.2. The first-order valence-electron chi connectivity index (χ1n) is 7.06. The quantitative estimate of drug-likeness (QED) is 0.843. The largest absolute Gasteiger partial charge is 0.405 e.